The van der Waals surface area contributed by atoms with Crippen LogP contribution in [0.2, 0.25) is 0 Å². The number of hydrogen-bond donors (Lipinski definition) is 1. The molecule has 2 aromatic rings. The van der Waals surface area contributed by atoms with Crippen LogP contribution in [0.25, 0.3) is 11.1 Å². The van der Waals surface area contributed by atoms with Crippen molar-refractivity contribution < 1.29 is 14.3 Å². The van der Waals surface area contributed by atoms with E-state index in [9.17, 15) is 9.59 Å². The summed E-state index contributed by atoms with van der Waals surface area (Å²) >= 11 is 0. The van der Waals surface area contributed by atoms with Crippen molar-refractivity contribution in [3.8, 4) is 11.1 Å². The van der Waals surface area contributed by atoms with Gasteiger partial charge in [0.25, 0.3) is 5.91 Å². The molecule has 6 nitrogen and oxygen atoms in total. The molecule has 1 unspecified atom stereocenters. The molecule has 1 atom stereocenters. The average Bonchev–Trinajstić information content (AvgIpc) is 2.88. The summed E-state index contributed by atoms with van der Waals surface area (Å²) in [6.07, 6.45) is 5.61. The van der Waals surface area contributed by atoms with Gasteiger partial charge in [0, 0.05) is 50.6 Å². The first kappa shape index (κ1) is 27.8. The SMILES string of the molecule is CC1=CC(=O)C(CNC(=O)c2cc(-c3ccc(CN(C)C)cc3)cc(N(C)C3CCOCC3)c2C)C(C)=C1. The lowest BCUT2D eigenvalue weighted by Gasteiger charge is -2.34. The topological polar surface area (TPSA) is 61.9 Å². The first-order chi connectivity index (χ1) is 18.1. The van der Waals surface area contributed by atoms with E-state index in [0.29, 0.717) is 11.6 Å². The number of allylic oxidation sites excluding steroid dienone is 3. The summed E-state index contributed by atoms with van der Waals surface area (Å²) in [6.45, 7) is 8.58. The Labute approximate surface area is 227 Å². The van der Waals surface area contributed by atoms with Crippen molar-refractivity contribution in [2.45, 2.75) is 46.2 Å². The van der Waals surface area contributed by atoms with E-state index in [4.69, 9.17) is 4.74 Å². The van der Waals surface area contributed by atoms with Crippen molar-refractivity contribution >= 4 is 17.4 Å². The van der Waals surface area contributed by atoms with Crippen LogP contribution in [0.5, 0.6) is 0 Å². The number of carbonyl (C=O) groups is 2. The van der Waals surface area contributed by atoms with Gasteiger partial charge in [0.1, 0.15) is 0 Å². The largest absolute Gasteiger partial charge is 0.381 e. The highest BCUT2D eigenvalue weighted by atomic mass is 16.5. The Balaban J connectivity index is 1.65. The zero-order chi connectivity index (χ0) is 27.4. The van der Waals surface area contributed by atoms with Crippen LogP contribution in [0.15, 0.2) is 59.7 Å². The minimum Gasteiger partial charge on any atom is -0.381 e. The van der Waals surface area contributed by atoms with Gasteiger partial charge in [-0.25, -0.2) is 0 Å². The van der Waals surface area contributed by atoms with Crippen molar-refractivity contribution in [1.82, 2.24) is 10.2 Å². The molecule has 1 amide bonds. The number of ether oxygens (including phenoxy) is 1. The number of rotatable bonds is 8. The monoisotopic (exact) mass is 515 g/mol. The number of hydrogen-bond acceptors (Lipinski definition) is 5. The number of carbonyl (C=O) groups excluding carboxylic acids is 2. The van der Waals surface area contributed by atoms with Crippen LogP contribution < -0.4 is 10.2 Å². The van der Waals surface area contributed by atoms with E-state index in [2.05, 4.69) is 66.6 Å². The lowest BCUT2D eigenvalue weighted by Crippen LogP contribution is -2.38. The highest BCUT2D eigenvalue weighted by Crippen LogP contribution is 2.33. The van der Waals surface area contributed by atoms with Gasteiger partial charge < -0.3 is 19.9 Å². The van der Waals surface area contributed by atoms with E-state index in [0.717, 1.165) is 66.1 Å². The lowest BCUT2D eigenvalue weighted by atomic mass is 9.88. The summed E-state index contributed by atoms with van der Waals surface area (Å²) in [5.41, 5.74) is 7.91. The molecular formula is C32H41N3O3. The molecule has 1 heterocycles. The van der Waals surface area contributed by atoms with Crippen molar-refractivity contribution in [1.29, 1.82) is 0 Å². The molecule has 6 heteroatoms. The van der Waals surface area contributed by atoms with Gasteiger partial charge in [0.15, 0.2) is 5.78 Å². The molecule has 0 aromatic heterocycles. The quantitative estimate of drug-likeness (QED) is 0.526. The lowest BCUT2D eigenvalue weighted by molar-refractivity contribution is -0.117. The molecule has 0 spiro atoms. The summed E-state index contributed by atoms with van der Waals surface area (Å²) in [5.74, 6) is -0.423. The van der Waals surface area contributed by atoms with Gasteiger partial charge in [-0.15, -0.1) is 0 Å². The van der Waals surface area contributed by atoms with Crippen LogP contribution in [-0.4, -0.2) is 63.5 Å². The summed E-state index contributed by atoms with van der Waals surface area (Å²) in [5, 5.41) is 3.07. The standard InChI is InChI=1S/C32H41N3O3/c1-21-15-22(2)29(31(36)16-21)19-33-32(37)28-17-26(25-9-7-24(8-10-25)20-34(4)5)18-30(23(28)3)35(6)27-11-13-38-14-12-27/h7-10,15-18,27,29H,11-14,19-20H2,1-6H3,(H,33,37). The molecule has 38 heavy (non-hydrogen) atoms. The number of nitrogens with one attached hydrogen (secondary N) is 1. The zero-order valence-corrected chi connectivity index (χ0v) is 23.6. The predicted molar refractivity (Wildman–Crippen MR) is 155 cm³/mol. The van der Waals surface area contributed by atoms with Crippen LogP contribution in [0.1, 0.15) is 48.2 Å². The smallest absolute Gasteiger partial charge is 0.251 e. The highest BCUT2D eigenvalue weighted by molar-refractivity contribution is 6.00. The van der Waals surface area contributed by atoms with Gasteiger partial charge in [-0.2, -0.15) is 0 Å². The van der Waals surface area contributed by atoms with Crippen LogP contribution in [-0.2, 0) is 16.1 Å². The second kappa shape index (κ2) is 12.1. The van der Waals surface area contributed by atoms with E-state index < -0.39 is 0 Å². The Kier molecular flexibility index (Phi) is 8.85. The van der Waals surface area contributed by atoms with Crippen LogP contribution >= 0.6 is 0 Å². The molecule has 0 radical (unpaired) electrons. The summed E-state index contributed by atoms with van der Waals surface area (Å²) < 4.78 is 5.59. The van der Waals surface area contributed by atoms with Gasteiger partial charge >= 0.3 is 0 Å². The number of anilines is 1. The normalized spacial score (nSPS) is 18.3. The Hall–Kier alpha value is -3.22. The number of amides is 1. The predicted octanol–water partition coefficient (Wildman–Crippen LogP) is 5.16. The molecular weight excluding hydrogens is 474 g/mol. The molecule has 1 N–H and O–H groups in total. The van der Waals surface area contributed by atoms with Crippen molar-refractivity contribution in [3.05, 3.63) is 76.4 Å². The van der Waals surface area contributed by atoms with Crippen molar-refractivity contribution in [2.24, 2.45) is 5.92 Å². The second-order valence-electron chi connectivity index (χ2n) is 11.0. The molecule has 0 saturated carbocycles. The molecule has 0 bridgehead atoms. The van der Waals surface area contributed by atoms with E-state index in [-0.39, 0.29) is 24.2 Å². The summed E-state index contributed by atoms with van der Waals surface area (Å²) in [7, 11) is 6.24. The fourth-order valence-electron chi connectivity index (χ4n) is 5.51. The van der Waals surface area contributed by atoms with Crippen LogP contribution in [0.3, 0.4) is 0 Å². The van der Waals surface area contributed by atoms with Gasteiger partial charge in [-0.3, -0.25) is 9.59 Å². The Morgan fingerprint density at radius 2 is 1.66 bits per heavy atom. The molecule has 2 aliphatic rings. The molecule has 202 valence electrons. The molecule has 2 aromatic carbocycles. The third-order valence-electron chi connectivity index (χ3n) is 7.71. The maximum atomic E-state index is 13.6. The van der Waals surface area contributed by atoms with Gasteiger partial charge in [0.2, 0.25) is 0 Å². The zero-order valence-electron chi connectivity index (χ0n) is 23.6. The third kappa shape index (κ3) is 6.43. The fraction of sp³-hybridized carbons (Fsp3) is 0.438. The summed E-state index contributed by atoms with van der Waals surface area (Å²) in [4.78, 5) is 30.6. The first-order valence-corrected chi connectivity index (χ1v) is 13.5. The van der Waals surface area contributed by atoms with Gasteiger partial charge in [-0.05, 0) is 93.7 Å². The van der Waals surface area contributed by atoms with E-state index >= 15 is 0 Å². The Bertz CT molecular complexity index is 1240. The molecule has 1 aliphatic heterocycles. The van der Waals surface area contributed by atoms with Crippen LogP contribution in [0, 0.1) is 12.8 Å². The minimum absolute atomic E-state index is 0.0472. The van der Waals surface area contributed by atoms with E-state index in [1.54, 1.807) is 6.08 Å². The third-order valence-corrected chi connectivity index (χ3v) is 7.71. The summed E-state index contributed by atoms with van der Waals surface area (Å²) in [6, 6.07) is 13.1. The molecule has 4 rings (SSSR count). The van der Waals surface area contributed by atoms with Gasteiger partial charge in [0.05, 0.1) is 5.92 Å². The Morgan fingerprint density at radius 1 is 0.974 bits per heavy atom. The van der Waals surface area contributed by atoms with Crippen molar-refractivity contribution in [3.63, 3.8) is 0 Å². The van der Waals surface area contributed by atoms with Crippen LogP contribution in [0.4, 0.5) is 5.69 Å². The van der Waals surface area contributed by atoms with Gasteiger partial charge in [-0.1, -0.05) is 35.9 Å². The number of ketones is 1. The van der Waals surface area contributed by atoms with E-state index in [1.165, 1.54) is 5.56 Å². The number of nitrogens with zero attached hydrogens (tertiary/aromatic N) is 2. The van der Waals surface area contributed by atoms with E-state index in [1.807, 2.05) is 32.9 Å². The molecule has 1 saturated heterocycles. The average molecular weight is 516 g/mol. The second-order valence-corrected chi connectivity index (χ2v) is 11.0. The molecule has 1 fully saturated rings. The fourth-order valence-corrected chi connectivity index (χ4v) is 5.51. The maximum absolute atomic E-state index is 13.6. The first-order valence-electron chi connectivity index (χ1n) is 13.5. The number of benzene rings is 2. The minimum atomic E-state index is -0.320. The molecule has 1 aliphatic carbocycles. The Morgan fingerprint density at radius 3 is 2.29 bits per heavy atom. The van der Waals surface area contributed by atoms with Crippen molar-refractivity contribution in [2.75, 3.05) is 45.8 Å². The maximum Gasteiger partial charge on any atom is 0.251 e. The highest BCUT2D eigenvalue weighted by Gasteiger charge is 2.26.